The molecule has 0 aliphatic heterocycles. The number of nitrogens with zero attached hydrogens (tertiary/aromatic N) is 6. The fourth-order valence-electron chi connectivity index (χ4n) is 7.43. The second-order valence-electron chi connectivity index (χ2n) is 13.6. The summed E-state index contributed by atoms with van der Waals surface area (Å²) in [6.07, 6.45) is 2.43. The van der Waals surface area contributed by atoms with Gasteiger partial charge in [0, 0.05) is 36.2 Å². The topological polar surface area (TPSA) is 81.4 Å². The monoisotopic (exact) mass is 717 g/mol. The van der Waals surface area contributed by atoms with E-state index >= 15 is 0 Å². The summed E-state index contributed by atoms with van der Waals surface area (Å²) in [5.41, 5.74) is 9.96. The van der Waals surface area contributed by atoms with Crippen LogP contribution in [0.25, 0.3) is 22.5 Å². The summed E-state index contributed by atoms with van der Waals surface area (Å²) in [6.45, 7) is 4.91. The molecule has 7 heteroatoms. The van der Waals surface area contributed by atoms with Crippen LogP contribution in [0, 0.1) is 0 Å². The molecule has 0 spiro atoms. The van der Waals surface area contributed by atoms with Gasteiger partial charge >= 0.3 is 0 Å². The van der Waals surface area contributed by atoms with Crippen LogP contribution < -0.4 is 5.32 Å². The fourth-order valence-corrected chi connectivity index (χ4v) is 7.43. The Morgan fingerprint density at radius 2 is 1.09 bits per heavy atom. The lowest BCUT2D eigenvalue weighted by Gasteiger charge is -2.34. The van der Waals surface area contributed by atoms with E-state index in [-0.39, 0.29) is 0 Å². The summed E-state index contributed by atoms with van der Waals surface area (Å²) in [6, 6.07) is 58.8. The summed E-state index contributed by atoms with van der Waals surface area (Å²) >= 11 is 0. The van der Waals surface area contributed by atoms with E-state index in [2.05, 4.69) is 165 Å². The van der Waals surface area contributed by atoms with Gasteiger partial charge < -0.3 is 5.32 Å². The van der Waals surface area contributed by atoms with Crippen molar-refractivity contribution in [3.63, 3.8) is 0 Å². The van der Waals surface area contributed by atoms with Crippen molar-refractivity contribution in [2.45, 2.75) is 45.2 Å². The van der Waals surface area contributed by atoms with Crippen LogP contribution in [-0.2, 0) is 31.3 Å². The van der Waals surface area contributed by atoms with Crippen LogP contribution in [0.15, 0.2) is 170 Å². The van der Waals surface area contributed by atoms with E-state index in [0.717, 1.165) is 81.1 Å². The van der Waals surface area contributed by atoms with E-state index in [1.54, 1.807) is 4.80 Å². The third-order valence-corrected chi connectivity index (χ3v) is 10.2. The smallest absolute Gasteiger partial charge is 0.205 e. The van der Waals surface area contributed by atoms with E-state index in [1.165, 1.54) is 5.56 Å². The first-order valence-electron chi connectivity index (χ1n) is 19.0. The summed E-state index contributed by atoms with van der Waals surface area (Å²) in [4.78, 5) is 11.6. The molecule has 0 saturated heterocycles. The summed E-state index contributed by atoms with van der Waals surface area (Å²) < 4.78 is 0. The van der Waals surface area contributed by atoms with Gasteiger partial charge in [0.25, 0.3) is 0 Å². The second-order valence-corrected chi connectivity index (χ2v) is 13.6. The van der Waals surface area contributed by atoms with Crippen molar-refractivity contribution in [3.8, 4) is 22.5 Å². The van der Waals surface area contributed by atoms with Crippen LogP contribution in [0.5, 0.6) is 0 Å². The lowest BCUT2D eigenvalue weighted by Crippen LogP contribution is -2.39. The molecule has 55 heavy (non-hydrogen) atoms. The summed E-state index contributed by atoms with van der Waals surface area (Å²) in [7, 11) is 0. The standard InChI is InChI=1S/C48H43N7/c1-3-44-43(33-35-19-9-5-10-20-35)46(51-45(4-2)50-44)49-34-36-29-31-37(32-30-36)41-27-17-18-28-42(41)47-52-54-55(53-47)48(38-21-11-6-12-22-38,39-23-13-7-14-24-39)40-25-15-8-16-26-40/h5-32H,3-4,33-34H2,1-2H3,(H,49,50,51). The molecule has 0 aliphatic carbocycles. The first kappa shape index (κ1) is 35.3. The van der Waals surface area contributed by atoms with Gasteiger partial charge in [-0.2, -0.15) is 0 Å². The minimum Gasteiger partial charge on any atom is -0.366 e. The number of nitrogens with one attached hydrogen (secondary N) is 1. The maximum absolute atomic E-state index is 5.19. The zero-order valence-corrected chi connectivity index (χ0v) is 31.2. The van der Waals surface area contributed by atoms with Gasteiger partial charge in [-0.05, 0) is 50.6 Å². The molecule has 0 aliphatic rings. The van der Waals surface area contributed by atoms with Gasteiger partial charge in [0.2, 0.25) is 5.82 Å². The van der Waals surface area contributed by atoms with E-state index in [9.17, 15) is 0 Å². The van der Waals surface area contributed by atoms with Crippen LogP contribution in [-0.4, -0.2) is 30.2 Å². The quantitative estimate of drug-likeness (QED) is 0.120. The molecule has 8 aromatic rings. The normalized spacial score (nSPS) is 11.4. The molecule has 6 aromatic carbocycles. The molecule has 7 nitrogen and oxygen atoms in total. The molecule has 0 bridgehead atoms. The molecular weight excluding hydrogens is 675 g/mol. The minimum atomic E-state index is -0.848. The average Bonchev–Trinajstić information content (AvgIpc) is 3.75. The first-order valence-corrected chi connectivity index (χ1v) is 19.0. The number of rotatable bonds is 13. The maximum atomic E-state index is 5.19. The predicted molar refractivity (Wildman–Crippen MR) is 221 cm³/mol. The molecular formula is C48H43N7. The Labute approximate surface area is 322 Å². The SMILES string of the molecule is CCc1nc(CC)c(Cc2ccccc2)c(NCc2ccc(-c3ccccc3-c3nnn(C(c4ccccc4)(c4ccccc4)c4ccccc4)n3)cc2)n1. The van der Waals surface area contributed by atoms with Crippen LogP contribution in [0.3, 0.4) is 0 Å². The third-order valence-electron chi connectivity index (χ3n) is 10.2. The Morgan fingerprint density at radius 1 is 0.545 bits per heavy atom. The molecule has 1 N–H and O–H groups in total. The van der Waals surface area contributed by atoms with Gasteiger partial charge in [-0.25, -0.2) is 9.97 Å². The second kappa shape index (κ2) is 16.1. The summed E-state index contributed by atoms with van der Waals surface area (Å²) in [5.74, 6) is 2.33. The average molecular weight is 718 g/mol. The molecule has 0 radical (unpaired) electrons. The third kappa shape index (κ3) is 7.17. The van der Waals surface area contributed by atoms with E-state index < -0.39 is 5.54 Å². The Morgan fingerprint density at radius 3 is 1.65 bits per heavy atom. The highest BCUT2D eigenvalue weighted by Crippen LogP contribution is 2.40. The molecule has 2 heterocycles. The molecule has 0 fully saturated rings. The van der Waals surface area contributed by atoms with Crippen molar-refractivity contribution in [1.82, 2.24) is 30.2 Å². The van der Waals surface area contributed by atoms with Gasteiger partial charge in [0.05, 0.1) is 0 Å². The van der Waals surface area contributed by atoms with Crippen molar-refractivity contribution in [2.24, 2.45) is 0 Å². The molecule has 270 valence electrons. The van der Waals surface area contributed by atoms with Crippen LogP contribution in [0.4, 0.5) is 5.82 Å². The van der Waals surface area contributed by atoms with Crippen molar-refractivity contribution in [3.05, 3.63) is 215 Å². The lowest BCUT2D eigenvalue weighted by atomic mass is 9.77. The fraction of sp³-hybridized carbons (Fsp3) is 0.146. The highest BCUT2D eigenvalue weighted by Gasteiger charge is 2.41. The van der Waals surface area contributed by atoms with Crippen molar-refractivity contribution >= 4 is 5.82 Å². The number of hydrogen-bond acceptors (Lipinski definition) is 6. The van der Waals surface area contributed by atoms with Crippen LogP contribution in [0.1, 0.15) is 58.7 Å². The van der Waals surface area contributed by atoms with Crippen LogP contribution >= 0.6 is 0 Å². The zero-order valence-electron chi connectivity index (χ0n) is 31.2. The Kier molecular flexibility index (Phi) is 10.3. The molecule has 0 atom stereocenters. The van der Waals surface area contributed by atoms with Gasteiger partial charge in [-0.3, -0.25) is 0 Å². The van der Waals surface area contributed by atoms with Gasteiger partial charge in [0.1, 0.15) is 11.6 Å². The molecule has 0 amide bonds. The first-order chi connectivity index (χ1) is 27.2. The van der Waals surface area contributed by atoms with Gasteiger partial charge in [-0.1, -0.05) is 184 Å². The van der Waals surface area contributed by atoms with Gasteiger partial charge in [0.15, 0.2) is 5.54 Å². The van der Waals surface area contributed by atoms with E-state index in [4.69, 9.17) is 25.4 Å². The van der Waals surface area contributed by atoms with Crippen molar-refractivity contribution in [2.75, 3.05) is 5.32 Å². The Hall–Kier alpha value is -6.73. The molecule has 8 rings (SSSR count). The Bertz CT molecular complexity index is 2370. The van der Waals surface area contributed by atoms with E-state index in [1.807, 2.05) is 24.3 Å². The van der Waals surface area contributed by atoms with Crippen LogP contribution in [0.2, 0.25) is 0 Å². The zero-order chi connectivity index (χ0) is 37.5. The number of benzene rings is 6. The van der Waals surface area contributed by atoms with E-state index in [0.29, 0.717) is 12.4 Å². The lowest BCUT2D eigenvalue weighted by molar-refractivity contribution is 0.396. The molecule has 2 aromatic heterocycles. The molecule has 0 unspecified atom stereocenters. The van der Waals surface area contributed by atoms with Crippen molar-refractivity contribution in [1.29, 1.82) is 0 Å². The minimum absolute atomic E-state index is 0.557. The predicted octanol–water partition coefficient (Wildman–Crippen LogP) is 9.96. The number of aryl methyl sites for hydroxylation is 2. The highest BCUT2D eigenvalue weighted by atomic mass is 15.6. The largest absolute Gasteiger partial charge is 0.366 e. The number of hydrogen-bond donors (Lipinski definition) is 1. The summed E-state index contributed by atoms with van der Waals surface area (Å²) in [5, 5.41) is 18.4. The Balaban J connectivity index is 1.11. The molecule has 0 saturated carbocycles. The van der Waals surface area contributed by atoms with Gasteiger partial charge in [-0.15, -0.1) is 15.0 Å². The maximum Gasteiger partial charge on any atom is 0.205 e. The highest BCUT2D eigenvalue weighted by molar-refractivity contribution is 5.80. The number of tetrazole rings is 1. The number of anilines is 1. The van der Waals surface area contributed by atoms with Crippen molar-refractivity contribution < 1.29 is 0 Å². The number of aromatic nitrogens is 6.